The van der Waals surface area contributed by atoms with Crippen molar-refractivity contribution >= 4 is 12.6 Å². The Labute approximate surface area is 150 Å². The van der Waals surface area contributed by atoms with Gasteiger partial charge in [-0.1, -0.05) is 63.8 Å². The Morgan fingerprint density at radius 3 is 1.91 bits per heavy atom. The Balaban J connectivity index is 0. The molecule has 1 aromatic carbocycles. The van der Waals surface area contributed by atoms with Gasteiger partial charge in [0.2, 0.25) is 0 Å². The van der Waals surface area contributed by atoms with Crippen LogP contribution < -0.4 is 24.3 Å². The van der Waals surface area contributed by atoms with Crippen LogP contribution in [0.1, 0.15) is 65.9 Å². The Bertz CT molecular complexity index is 350. The fraction of sp³-hybridized carbons (Fsp3) is 0.611. The molecule has 2 nitrogen and oxygen atoms in total. The third kappa shape index (κ3) is 12.4. The average Bonchev–Trinajstić information content (AvgIpc) is 2.43. The molecule has 0 bridgehead atoms. The fourth-order valence-corrected chi connectivity index (χ4v) is 2.10. The quantitative estimate of drug-likeness (QED) is 0.576. The van der Waals surface area contributed by atoms with E-state index in [1.165, 1.54) is 37.2 Å². The zero-order valence-electron chi connectivity index (χ0n) is 15.4. The summed E-state index contributed by atoms with van der Waals surface area (Å²) < 4.78 is 0. The molecular formula is C18H32BLiO2. The SMILES string of the molecule is CCCCC(CC)Cc1ccc(B(O)O)cc1.C[C-](C)C.[Li+]. The number of hydrogen-bond donors (Lipinski definition) is 2. The second kappa shape index (κ2) is 14.4. The summed E-state index contributed by atoms with van der Waals surface area (Å²) in [5, 5.41) is 18.0. The Morgan fingerprint density at radius 1 is 1.05 bits per heavy atom. The molecule has 0 aliphatic heterocycles. The maximum absolute atomic E-state index is 9.01. The van der Waals surface area contributed by atoms with Crippen LogP contribution in [0.4, 0.5) is 0 Å². The normalized spacial score (nSPS) is 11.3. The van der Waals surface area contributed by atoms with Gasteiger partial charge in [0, 0.05) is 0 Å². The zero-order valence-corrected chi connectivity index (χ0v) is 15.4. The molecule has 120 valence electrons. The monoisotopic (exact) mass is 298 g/mol. The smallest absolute Gasteiger partial charge is 0.423 e. The van der Waals surface area contributed by atoms with Gasteiger partial charge in [-0.15, -0.1) is 0 Å². The molecule has 0 saturated heterocycles. The van der Waals surface area contributed by atoms with Gasteiger partial charge in [0.25, 0.3) is 0 Å². The molecule has 2 N–H and O–H groups in total. The van der Waals surface area contributed by atoms with Crippen LogP contribution in [0.15, 0.2) is 24.3 Å². The van der Waals surface area contributed by atoms with E-state index in [-0.39, 0.29) is 18.9 Å². The Hall–Kier alpha value is -0.198. The van der Waals surface area contributed by atoms with Crippen LogP contribution >= 0.6 is 0 Å². The van der Waals surface area contributed by atoms with E-state index in [4.69, 9.17) is 10.0 Å². The maximum atomic E-state index is 9.01. The van der Waals surface area contributed by atoms with Gasteiger partial charge in [-0.3, -0.25) is 0 Å². The molecule has 0 aliphatic carbocycles. The van der Waals surface area contributed by atoms with Gasteiger partial charge in [-0.25, -0.2) is 0 Å². The van der Waals surface area contributed by atoms with E-state index in [1.807, 2.05) is 12.1 Å². The van der Waals surface area contributed by atoms with Crippen LogP contribution in [0.5, 0.6) is 0 Å². The average molecular weight is 298 g/mol. The summed E-state index contributed by atoms with van der Waals surface area (Å²) in [4.78, 5) is 0. The van der Waals surface area contributed by atoms with E-state index in [9.17, 15) is 0 Å². The third-order valence-corrected chi connectivity index (χ3v) is 3.35. The number of benzene rings is 1. The summed E-state index contributed by atoms with van der Waals surface area (Å²) >= 11 is 0. The molecule has 0 aromatic heterocycles. The van der Waals surface area contributed by atoms with Gasteiger partial charge in [-0.05, 0) is 23.4 Å². The molecule has 1 unspecified atom stereocenters. The van der Waals surface area contributed by atoms with Crippen molar-refractivity contribution in [2.24, 2.45) is 5.92 Å². The molecule has 0 heterocycles. The van der Waals surface area contributed by atoms with Crippen LogP contribution in [-0.4, -0.2) is 17.2 Å². The van der Waals surface area contributed by atoms with Crippen LogP contribution in [0.25, 0.3) is 0 Å². The predicted molar refractivity (Wildman–Crippen MR) is 93.5 cm³/mol. The van der Waals surface area contributed by atoms with E-state index < -0.39 is 7.12 Å². The first-order valence-electron chi connectivity index (χ1n) is 8.12. The van der Waals surface area contributed by atoms with Crippen molar-refractivity contribution in [2.75, 3.05) is 0 Å². The summed E-state index contributed by atoms with van der Waals surface area (Å²) in [6.07, 6.45) is 6.15. The first kappa shape index (κ1) is 24.1. The maximum Gasteiger partial charge on any atom is 1.00 e. The molecular weight excluding hydrogens is 266 g/mol. The molecule has 0 saturated carbocycles. The first-order chi connectivity index (χ1) is 9.90. The molecule has 0 amide bonds. The van der Waals surface area contributed by atoms with Gasteiger partial charge >= 0.3 is 26.0 Å². The topological polar surface area (TPSA) is 40.5 Å². The van der Waals surface area contributed by atoms with Crippen molar-refractivity contribution in [1.82, 2.24) is 0 Å². The van der Waals surface area contributed by atoms with E-state index >= 15 is 0 Å². The second-order valence-electron chi connectivity index (χ2n) is 6.24. The fourth-order valence-electron chi connectivity index (χ4n) is 2.10. The van der Waals surface area contributed by atoms with Crippen molar-refractivity contribution in [3.63, 3.8) is 0 Å². The Morgan fingerprint density at radius 2 is 1.55 bits per heavy atom. The van der Waals surface area contributed by atoms with Gasteiger partial charge in [0.1, 0.15) is 0 Å². The summed E-state index contributed by atoms with van der Waals surface area (Å²) in [7, 11) is -1.36. The largest absolute Gasteiger partial charge is 1.00 e. The van der Waals surface area contributed by atoms with E-state index in [0.717, 1.165) is 12.3 Å². The first-order valence-corrected chi connectivity index (χ1v) is 8.12. The minimum atomic E-state index is -1.36. The predicted octanol–water partition coefficient (Wildman–Crippen LogP) is 0.750. The second-order valence-corrected chi connectivity index (χ2v) is 6.24. The van der Waals surface area contributed by atoms with Crippen molar-refractivity contribution < 1.29 is 28.9 Å². The van der Waals surface area contributed by atoms with Crippen LogP contribution in [-0.2, 0) is 6.42 Å². The summed E-state index contributed by atoms with van der Waals surface area (Å²) in [5.74, 6) is 2.17. The van der Waals surface area contributed by atoms with Crippen molar-refractivity contribution in [3.8, 4) is 0 Å². The molecule has 0 spiro atoms. The van der Waals surface area contributed by atoms with Crippen LogP contribution in [0.3, 0.4) is 0 Å². The van der Waals surface area contributed by atoms with Crippen molar-refractivity contribution in [3.05, 3.63) is 35.7 Å². The number of unbranched alkanes of at least 4 members (excludes halogenated alkanes) is 1. The molecule has 0 aliphatic rings. The third-order valence-electron chi connectivity index (χ3n) is 3.35. The summed E-state index contributed by atoms with van der Waals surface area (Å²) in [6.45, 7) is 10.7. The molecule has 0 fully saturated rings. The zero-order chi connectivity index (χ0) is 16.3. The number of rotatable bonds is 7. The van der Waals surface area contributed by atoms with E-state index in [1.54, 1.807) is 12.1 Å². The van der Waals surface area contributed by atoms with Gasteiger partial charge in [0.15, 0.2) is 0 Å². The van der Waals surface area contributed by atoms with Gasteiger partial charge < -0.3 is 16.0 Å². The molecule has 4 heteroatoms. The van der Waals surface area contributed by atoms with Gasteiger partial charge in [-0.2, -0.15) is 20.8 Å². The molecule has 22 heavy (non-hydrogen) atoms. The van der Waals surface area contributed by atoms with Crippen LogP contribution in [0, 0.1) is 11.8 Å². The number of hydrogen-bond acceptors (Lipinski definition) is 2. The molecule has 1 aromatic rings. The minimum Gasteiger partial charge on any atom is -0.423 e. The van der Waals surface area contributed by atoms with Crippen molar-refractivity contribution in [1.29, 1.82) is 0 Å². The summed E-state index contributed by atoms with van der Waals surface area (Å²) in [5.41, 5.74) is 1.85. The van der Waals surface area contributed by atoms with Crippen molar-refractivity contribution in [2.45, 2.75) is 66.7 Å². The van der Waals surface area contributed by atoms with E-state index in [2.05, 4.69) is 34.6 Å². The minimum absolute atomic E-state index is 0. The van der Waals surface area contributed by atoms with E-state index in [0.29, 0.717) is 5.46 Å². The molecule has 0 radical (unpaired) electrons. The Kier molecular flexibility index (Phi) is 15.7. The molecule has 1 atom stereocenters. The van der Waals surface area contributed by atoms with Crippen LogP contribution in [0.2, 0.25) is 0 Å². The molecule has 1 rings (SSSR count). The van der Waals surface area contributed by atoms with Gasteiger partial charge in [0.05, 0.1) is 0 Å². The summed E-state index contributed by atoms with van der Waals surface area (Å²) in [6, 6.07) is 7.60. The standard InChI is InChI=1S/C14H23BO2.C4H9.Li/c1-3-5-6-12(4-2)11-13-7-9-14(10-8-13)15(16)17;1-4(2)3;/h7-10,12,16-17H,3-6,11H2,1-2H3;1-3H3;/q;-1;+1.